The molecule has 1 saturated carbocycles. The number of anilines is 1. The molecule has 160 valence electrons. The number of carbonyl (C=O) groups excluding carboxylic acids is 2. The van der Waals surface area contributed by atoms with Crippen LogP contribution in [0.5, 0.6) is 5.75 Å². The van der Waals surface area contributed by atoms with Gasteiger partial charge in [-0.05, 0) is 49.4 Å². The molecule has 0 aliphatic heterocycles. The molecule has 2 aromatic rings. The molecule has 5 nitrogen and oxygen atoms in total. The van der Waals surface area contributed by atoms with Gasteiger partial charge in [-0.25, -0.2) is 0 Å². The Morgan fingerprint density at radius 2 is 1.60 bits per heavy atom. The quantitative estimate of drug-likeness (QED) is 0.655. The summed E-state index contributed by atoms with van der Waals surface area (Å²) in [6.07, 6.45) is 4.86. The Kier molecular flexibility index (Phi) is 7.50. The standard InChI is InChI=1S/C25H32N2O3/c1-17(2)20-13-8-10-16-23(20)30-18(3)24(28)27-22-15-9-7-14-21(22)25(29)26-19-11-5-4-6-12-19/h7-10,13-19H,4-6,11-12H2,1-3H3,(H,26,29)(H,27,28)/t18-/m1/s1. The number of amides is 2. The molecular weight excluding hydrogens is 376 g/mol. The first-order chi connectivity index (χ1) is 14.5. The molecule has 1 aliphatic rings. The number of hydrogen-bond donors (Lipinski definition) is 2. The van der Waals surface area contributed by atoms with Crippen molar-refractivity contribution >= 4 is 17.5 Å². The first kappa shape index (κ1) is 21.9. The van der Waals surface area contributed by atoms with Crippen molar-refractivity contribution in [2.75, 3.05) is 5.32 Å². The fourth-order valence-corrected chi connectivity index (χ4v) is 3.84. The van der Waals surface area contributed by atoms with Crippen LogP contribution in [-0.4, -0.2) is 24.0 Å². The first-order valence-electron chi connectivity index (χ1n) is 10.9. The van der Waals surface area contributed by atoms with E-state index in [1.807, 2.05) is 36.4 Å². The molecule has 0 saturated heterocycles. The lowest BCUT2D eigenvalue weighted by Gasteiger charge is -2.23. The van der Waals surface area contributed by atoms with E-state index >= 15 is 0 Å². The van der Waals surface area contributed by atoms with Crippen LogP contribution in [0.1, 0.15) is 74.7 Å². The van der Waals surface area contributed by atoms with Crippen molar-refractivity contribution in [1.29, 1.82) is 0 Å². The number of benzene rings is 2. The highest BCUT2D eigenvalue weighted by Gasteiger charge is 2.22. The molecule has 1 atom stereocenters. The van der Waals surface area contributed by atoms with Crippen molar-refractivity contribution in [3.63, 3.8) is 0 Å². The Balaban J connectivity index is 1.67. The third-order valence-corrected chi connectivity index (χ3v) is 5.58. The molecule has 0 aromatic heterocycles. The number of nitrogens with one attached hydrogen (secondary N) is 2. The van der Waals surface area contributed by atoms with E-state index in [9.17, 15) is 9.59 Å². The minimum atomic E-state index is -0.695. The molecule has 1 aliphatic carbocycles. The molecule has 1 fully saturated rings. The van der Waals surface area contributed by atoms with Gasteiger partial charge in [-0.15, -0.1) is 0 Å². The van der Waals surface area contributed by atoms with E-state index in [2.05, 4.69) is 24.5 Å². The van der Waals surface area contributed by atoms with Gasteiger partial charge in [0.1, 0.15) is 5.75 Å². The molecular formula is C25H32N2O3. The highest BCUT2D eigenvalue weighted by Crippen LogP contribution is 2.27. The van der Waals surface area contributed by atoms with Crippen LogP contribution in [0.25, 0.3) is 0 Å². The van der Waals surface area contributed by atoms with Gasteiger partial charge in [0.05, 0.1) is 11.3 Å². The Hall–Kier alpha value is -2.82. The lowest BCUT2D eigenvalue weighted by atomic mass is 9.95. The summed E-state index contributed by atoms with van der Waals surface area (Å²) < 4.78 is 5.95. The molecule has 30 heavy (non-hydrogen) atoms. The molecule has 0 spiro atoms. The van der Waals surface area contributed by atoms with Gasteiger partial charge in [0, 0.05) is 6.04 Å². The summed E-state index contributed by atoms with van der Waals surface area (Å²) in [4.78, 5) is 25.6. The SMILES string of the molecule is CC(C)c1ccccc1O[C@H](C)C(=O)Nc1ccccc1C(=O)NC1CCCCC1. The molecule has 3 rings (SSSR count). The monoisotopic (exact) mass is 408 g/mol. The van der Waals surface area contributed by atoms with E-state index in [4.69, 9.17) is 4.74 Å². The maximum Gasteiger partial charge on any atom is 0.265 e. The molecule has 5 heteroatoms. The van der Waals surface area contributed by atoms with Crippen molar-refractivity contribution in [1.82, 2.24) is 5.32 Å². The number of hydrogen-bond acceptors (Lipinski definition) is 3. The maximum absolute atomic E-state index is 12.8. The zero-order valence-electron chi connectivity index (χ0n) is 18.1. The van der Waals surface area contributed by atoms with Crippen LogP contribution < -0.4 is 15.4 Å². The summed E-state index contributed by atoms with van der Waals surface area (Å²) in [5.74, 6) is 0.571. The van der Waals surface area contributed by atoms with Gasteiger partial charge in [-0.2, -0.15) is 0 Å². The number of rotatable bonds is 7. The third-order valence-electron chi connectivity index (χ3n) is 5.58. The zero-order valence-corrected chi connectivity index (χ0v) is 18.1. The number of para-hydroxylation sites is 2. The summed E-state index contributed by atoms with van der Waals surface area (Å²) in [6.45, 7) is 5.90. The van der Waals surface area contributed by atoms with E-state index in [1.165, 1.54) is 6.42 Å². The Morgan fingerprint density at radius 3 is 2.33 bits per heavy atom. The van der Waals surface area contributed by atoms with Crippen LogP contribution in [0.3, 0.4) is 0 Å². The average molecular weight is 409 g/mol. The third kappa shape index (κ3) is 5.62. The largest absolute Gasteiger partial charge is 0.481 e. The van der Waals surface area contributed by atoms with E-state index in [0.717, 1.165) is 31.2 Å². The highest BCUT2D eigenvalue weighted by atomic mass is 16.5. The van der Waals surface area contributed by atoms with E-state index in [-0.39, 0.29) is 17.9 Å². The molecule has 0 heterocycles. The van der Waals surface area contributed by atoms with Crippen LogP contribution in [0, 0.1) is 0 Å². The lowest BCUT2D eigenvalue weighted by molar-refractivity contribution is -0.122. The van der Waals surface area contributed by atoms with Crippen molar-refractivity contribution in [2.45, 2.75) is 70.9 Å². The second-order valence-corrected chi connectivity index (χ2v) is 8.30. The van der Waals surface area contributed by atoms with Crippen molar-refractivity contribution < 1.29 is 14.3 Å². The van der Waals surface area contributed by atoms with Gasteiger partial charge in [-0.3, -0.25) is 9.59 Å². The zero-order chi connectivity index (χ0) is 21.5. The fourth-order valence-electron chi connectivity index (χ4n) is 3.84. The fraction of sp³-hybridized carbons (Fsp3) is 0.440. The Labute approximate surface area is 179 Å². The predicted octanol–water partition coefficient (Wildman–Crippen LogP) is 5.28. The molecule has 2 aromatic carbocycles. The molecule has 2 amide bonds. The smallest absolute Gasteiger partial charge is 0.265 e. The second-order valence-electron chi connectivity index (χ2n) is 8.30. The second kappa shape index (κ2) is 10.3. The summed E-state index contributed by atoms with van der Waals surface area (Å²) in [7, 11) is 0. The Morgan fingerprint density at radius 1 is 0.933 bits per heavy atom. The van der Waals surface area contributed by atoms with Gasteiger partial charge < -0.3 is 15.4 Å². The average Bonchev–Trinajstić information content (AvgIpc) is 2.75. The minimum absolute atomic E-state index is 0.142. The van der Waals surface area contributed by atoms with Gasteiger partial charge >= 0.3 is 0 Å². The van der Waals surface area contributed by atoms with Crippen molar-refractivity contribution in [2.24, 2.45) is 0 Å². The van der Waals surface area contributed by atoms with Crippen LogP contribution in [0.4, 0.5) is 5.69 Å². The summed E-state index contributed by atoms with van der Waals surface area (Å²) >= 11 is 0. The number of ether oxygens (including phenoxy) is 1. The van der Waals surface area contributed by atoms with Crippen LogP contribution in [0.2, 0.25) is 0 Å². The first-order valence-corrected chi connectivity index (χ1v) is 10.9. The Bertz CT molecular complexity index is 872. The molecule has 0 unspecified atom stereocenters. The normalized spacial score (nSPS) is 15.5. The lowest BCUT2D eigenvalue weighted by Crippen LogP contribution is -2.37. The summed E-state index contributed by atoms with van der Waals surface area (Å²) in [5, 5.41) is 5.99. The van der Waals surface area contributed by atoms with Crippen molar-refractivity contribution in [3.05, 3.63) is 59.7 Å². The van der Waals surface area contributed by atoms with Crippen LogP contribution in [-0.2, 0) is 4.79 Å². The van der Waals surface area contributed by atoms with E-state index in [1.54, 1.807) is 19.1 Å². The van der Waals surface area contributed by atoms with E-state index in [0.29, 0.717) is 22.9 Å². The van der Waals surface area contributed by atoms with Crippen LogP contribution in [0.15, 0.2) is 48.5 Å². The molecule has 2 N–H and O–H groups in total. The summed E-state index contributed by atoms with van der Waals surface area (Å²) in [5.41, 5.74) is 2.04. The predicted molar refractivity (Wildman–Crippen MR) is 120 cm³/mol. The van der Waals surface area contributed by atoms with E-state index < -0.39 is 6.10 Å². The number of carbonyl (C=O) groups is 2. The molecule has 0 bridgehead atoms. The van der Waals surface area contributed by atoms with Crippen molar-refractivity contribution in [3.8, 4) is 5.75 Å². The van der Waals surface area contributed by atoms with Gasteiger partial charge in [0.2, 0.25) is 0 Å². The minimum Gasteiger partial charge on any atom is -0.481 e. The van der Waals surface area contributed by atoms with Crippen LogP contribution >= 0.6 is 0 Å². The highest BCUT2D eigenvalue weighted by molar-refractivity contribution is 6.04. The topological polar surface area (TPSA) is 67.4 Å². The maximum atomic E-state index is 12.8. The van der Waals surface area contributed by atoms with Gasteiger partial charge in [0.15, 0.2) is 6.10 Å². The van der Waals surface area contributed by atoms with Gasteiger partial charge in [-0.1, -0.05) is 63.4 Å². The van der Waals surface area contributed by atoms with Gasteiger partial charge in [0.25, 0.3) is 11.8 Å². The summed E-state index contributed by atoms with van der Waals surface area (Å²) in [6, 6.07) is 15.1. The molecule has 0 radical (unpaired) electrons.